The fourth-order valence-electron chi connectivity index (χ4n) is 3.23. The van der Waals surface area contributed by atoms with Crippen LogP contribution >= 0.6 is 15.9 Å². The van der Waals surface area contributed by atoms with Crippen molar-refractivity contribution in [3.05, 3.63) is 64.7 Å². The van der Waals surface area contributed by atoms with Gasteiger partial charge in [0.15, 0.2) is 0 Å². The van der Waals surface area contributed by atoms with Gasteiger partial charge < -0.3 is 4.90 Å². The molecule has 2 aromatic heterocycles. The highest BCUT2D eigenvalue weighted by Gasteiger charge is 2.33. The van der Waals surface area contributed by atoms with Crippen molar-refractivity contribution in [3.8, 4) is 11.1 Å². The van der Waals surface area contributed by atoms with Crippen LogP contribution in [0.2, 0.25) is 0 Å². The molecule has 6 heteroatoms. The number of aryl methyl sites for hydroxylation is 1. The molecule has 0 saturated heterocycles. The number of halogens is 1. The molecule has 1 aromatic carbocycles. The smallest absolute Gasteiger partial charge is 0.277 e. The normalized spacial score (nSPS) is 16.8. The third kappa shape index (κ3) is 2.76. The van der Waals surface area contributed by atoms with E-state index in [2.05, 4.69) is 32.9 Å². The van der Waals surface area contributed by atoms with E-state index in [1.54, 1.807) is 12.4 Å². The van der Waals surface area contributed by atoms with Crippen molar-refractivity contribution >= 4 is 27.5 Å². The van der Waals surface area contributed by atoms with Crippen LogP contribution in [-0.4, -0.2) is 27.2 Å². The number of nitrogens with zero attached hydrogens (tertiary/aromatic N) is 4. The van der Waals surface area contributed by atoms with E-state index in [1.165, 1.54) is 0 Å². The average Bonchev–Trinajstić information content (AvgIpc) is 3.05. The lowest BCUT2D eigenvalue weighted by Crippen LogP contribution is -2.42. The van der Waals surface area contributed by atoms with Gasteiger partial charge in [0, 0.05) is 34.2 Å². The highest BCUT2D eigenvalue weighted by atomic mass is 79.9. The van der Waals surface area contributed by atoms with Crippen LogP contribution in [0.1, 0.15) is 29.1 Å². The quantitative estimate of drug-likeness (QED) is 0.650. The summed E-state index contributed by atoms with van der Waals surface area (Å²) in [5.41, 5.74) is 4.26. The van der Waals surface area contributed by atoms with Gasteiger partial charge in [-0.1, -0.05) is 15.9 Å². The molecule has 0 aliphatic carbocycles. The Morgan fingerprint density at radius 1 is 1.20 bits per heavy atom. The minimum absolute atomic E-state index is 0.0256. The number of pyridine rings is 1. The maximum Gasteiger partial charge on any atom is 0.277 e. The first-order valence-corrected chi connectivity index (χ1v) is 8.92. The summed E-state index contributed by atoms with van der Waals surface area (Å²) in [4.78, 5) is 19.3. The number of carbonyl (C=O) groups excluding carboxylic acids is 1. The van der Waals surface area contributed by atoms with E-state index in [0.717, 1.165) is 27.0 Å². The molecule has 0 radical (unpaired) electrons. The summed E-state index contributed by atoms with van der Waals surface area (Å²) in [7, 11) is 0. The van der Waals surface area contributed by atoms with Gasteiger partial charge in [0.1, 0.15) is 5.69 Å². The fraction of sp³-hybridized carbons (Fsp3) is 0.211. The largest absolute Gasteiger partial charge is 0.305 e. The zero-order valence-electron chi connectivity index (χ0n) is 14.0. The second-order valence-electron chi connectivity index (χ2n) is 6.28. The van der Waals surface area contributed by atoms with Crippen molar-refractivity contribution in [3.63, 3.8) is 0 Å². The molecule has 126 valence electrons. The van der Waals surface area contributed by atoms with E-state index in [1.807, 2.05) is 52.9 Å². The van der Waals surface area contributed by atoms with Gasteiger partial charge in [-0.15, -0.1) is 0 Å². The summed E-state index contributed by atoms with van der Waals surface area (Å²) in [6.45, 7) is 4.62. The van der Waals surface area contributed by atoms with Crippen LogP contribution < -0.4 is 4.90 Å². The third-order valence-electron chi connectivity index (χ3n) is 4.45. The topological polar surface area (TPSA) is 51.0 Å². The van der Waals surface area contributed by atoms with Gasteiger partial charge in [0.2, 0.25) is 0 Å². The van der Waals surface area contributed by atoms with Crippen molar-refractivity contribution in [1.29, 1.82) is 0 Å². The van der Waals surface area contributed by atoms with Crippen molar-refractivity contribution in [2.45, 2.75) is 19.9 Å². The Morgan fingerprint density at radius 2 is 1.96 bits per heavy atom. The maximum absolute atomic E-state index is 13.2. The van der Waals surface area contributed by atoms with Gasteiger partial charge in [-0.25, -0.2) is 0 Å². The number of hydrogen-bond donors (Lipinski definition) is 0. The van der Waals surface area contributed by atoms with Crippen LogP contribution in [0.15, 0.2) is 53.3 Å². The Hall–Kier alpha value is -2.47. The Bertz CT molecular complexity index is 948. The summed E-state index contributed by atoms with van der Waals surface area (Å²) >= 11 is 3.44. The molecule has 25 heavy (non-hydrogen) atoms. The van der Waals surface area contributed by atoms with Gasteiger partial charge in [-0.3, -0.25) is 14.5 Å². The lowest BCUT2D eigenvalue weighted by molar-refractivity contribution is 0.0954. The molecule has 5 nitrogen and oxygen atoms in total. The van der Waals surface area contributed by atoms with Gasteiger partial charge in [0.25, 0.3) is 5.91 Å². The zero-order chi connectivity index (χ0) is 17.6. The molecule has 1 amide bonds. The number of amides is 1. The van der Waals surface area contributed by atoms with Gasteiger partial charge in [0.05, 0.1) is 12.2 Å². The van der Waals surface area contributed by atoms with E-state index in [4.69, 9.17) is 0 Å². The van der Waals surface area contributed by atoms with Crippen LogP contribution in [0, 0.1) is 6.92 Å². The molecular weight excluding hydrogens is 380 g/mol. The molecule has 1 aliphatic heterocycles. The second-order valence-corrected chi connectivity index (χ2v) is 7.19. The number of fused-ring (bicyclic) bond motifs is 1. The van der Waals surface area contributed by atoms with Crippen LogP contribution in [0.5, 0.6) is 0 Å². The Balaban J connectivity index is 1.81. The fourth-order valence-corrected chi connectivity index (χ4v) is 3.49. The first-order valence-electron chi connectivity index (χ1n) is 8.12. The standard InChI is InChI=1S/C19H17BrN4O/c1-12-9-14(7-8-21-12)17-10-22-24-13(2)11-23(19(25)18(17)24)16-5-3-15(20)4-6-16/h3-10,13H,11H2,1-2H3/t13-/m0/s1. The Kier molecular flexibility index (Phi) is 3.92. The van der Waals surface area contributed by atoms with E-state index in [-0.39, 0.29) is 11.9 Å². The average molecular weight is 397 g/mol. The first kappa shape index (κ1) is 16.0. The van der Waals surface area contributed by atoms with Crippen LogP contribution in [-0.2, 0) is 0 Å². The van der Waals surface area contributed by atoms with Crippen molar-refractivity contribution in [2.24, 2.45) is 0 Å². The summed E-state index contributed by atoms with van der Waals surface area (Å²) < 4.78 is 2.83. The van der Waals surface area contributed by atoms with Crippen LogP contribution in [0.25, 0.3) is 11.1 Å². The highest BCUT2D eigenvalue weighted by Crippen LogP contribution is 2.33. The van der Waals surface area contributed by atoms with Crippen molar-refractivity contribution < 1.29 is 4.79 Å². The lowest BCUT2D eigenvalue weighted by atomic mass is 10.0. The van der Waals surface area contributed by atoms with Crippen LogP contribution in [0.4, 0.5) is 5.69 Å². The second kappa shape index (κ2) is 6.11. The summed E-state index contributed by atoms with van der Waals surface area (Å²) in [6.07, 6.45) is 3.54. The lowest BCUT2D eigenvalue weighted by Gasteiger charge is -2.32. The van der Waals surface area contributed by atoms with E-state index < -0.39 is 0 Å². The van der Waals surface area contributed by atoms with Gasteiger partial charge in [-0.2, -0.15) is 5.10 Å². The van der Waals surface area contributed by atoms with E-state index >= 15 is 0 Å². The number of anilines is 1. The number of rotatable bonds is 2. The number of hydrogen-bond acceptors (Lipinski definition) is 3. The molecule has 1 aliphatic rings. The minimum Gasteiger partial charge on any atom is -0.305 e. The predicted molar refractivity (Wildman–Crippen MR) is 101 cm³/mol. The molecule has 3 aromatic rings. The molecule has 0 bridgehead atoms. The zero-order valence-corrected chi connectivity index (χ0v) is 15.6. The van der Waals surface area contributed by atoms with Crippen LogP contribution in [0.3, 0.4) is 0 Å². The minimum atomic E-state index is -0.0256. The molecule has 0 fully saturated rings. The molecule has 0 saturated carbocycles. The molecule has 0 spiro atoms. The predicted octanol–water partition coefficient (Wildman–Crippen LogP) is 4.24. The molecule has 3 heterocycles. The Morgan fingerprint density at radius 3 is 2.68 bits per heavy atom. The van der Waals surface area contributed by atoms with Crippen molar-refractivity contribution in [1.82, 2.24) is 14.8 Å². The molecular formula is C19H17BrN4O. The first-order chi connectivity index (χ1) is 12.0. The number of carbonyl (C=O) groups is 1. The monoisotopic (exact) mass is 396 g/mol. The molecule has 0 unspecified atom stereocenters. The van der Waals surface area contributed by atoms with E-state index in [0.29, 0.717) is 12.2 Å². The van der Waals surface area contributed by atoms with E-state index in [9.17, 15) is 4.79 Å². The summed E-state index contributed by atoms with van der Waals surface area (Å²) in [5, 5.41) is 4.48. The van der Waals surface area contributed by atoms with Gasteiger partial charge >= 0.3 is 0 Å². The third-order valence-corrected chi connectivity index (χ3v) is 4.98. The number of aromatic nitrogens is 3. The summed E-state index contributed by atoms with van der Waals surface area (Å²) in [5.74, 6) is -0.0256. The summed E-state index contributed by atoms with van der Waals surface area (Å²) in [6, 6.07) is 11.8. The SMILES string of the molecule is Cc1cc(-c2cnn3c2C(=O)N(c2ccc(Br)cc2)C[C@@H]3C)ccn1. The molecule has 1 atom stereocenters. The Labute approximate surface area is 154 Å². The number of benzene rings is 1. The van der Waals surface area contributed by atoms with Gasteiger partial charge in [-0.05, 0) is 55.8 Å². The molecule has 4 rings (SSSR count). The highest BCUT2D eigenvalue weighted by molar-refractivity contribution is 9.10. The van der Waals surface area contributed by atoms with Crippen molar-refractivity contribution in [2.75, 3.05) is 11.4 Å². The maximum atomic E-state index is 13.2. The molecule has 0 N–H and O–H groups in total.